The Labute approximate surface area is 181 Å². The van der Waals surface area contributed by atoms with E-state index in [0.29, 0.717) is 21.8 Å². The van der Waals surface area contributed by atoms with E-state index in [4.69, 9.17) is 11.6 Å². The van der Waals surface area contributed by atoms with Gasteiger partial charge in [-0.3, -0.25) is 13.9 Å². The highest BCUT2D eigenvalue weighted by atomic mass is 35.5. The van der Waals surface area contributed by atoms with Crippen molar-refractivity contribution in [2.24, 2.45) is 14.1 Å². The van der Waals surface area contributed by atoms with Gasteiger partial charge in [-0.05, 0) is 60.7 Å². The van der Waals surface area contributed by atoms with Crippen molar-refractivity contribution in [1.29, 1.82) is 0 Å². The molecule has 0 aliphatic rings. The van der Waals surface area contributed by atoms with E-state index >= 15 is 0 Å². The number of nitrogens with one attached hydrogen (secondary N) is 1. The first-order valence-corrected chi connectivity index (χ1v) is 10.2. The molecule has 0 unspecified atom stereocenters. The van der Waals surface area contributed by atoms with Crippen LogP contribution in [0, 0.1) is 5.82 Å². The number of halogens is 2. The molecule has 30 heavy (non-hydrogen) atoms. The Bertz CT molecular complexity index is 1310. The molecule has 0 spiro atoms. The highest BCUT2D eigenvalue weighted by molar-refractivity contribution is 7.99. The summed E-state index contributed by atoms with van der Waals surface area (Å²) in [6.45, 7) is 0. The molecule has 5 nitrogen and oxygen atoms in total. The molecular formula is C22H17ClFN3O2S. The molecule has 152 valence electrons. The monoisotopic (exact) mass is 441 g/mol. The van der Waals surface area contributed by atoms with E-state index in [1.54, 1.807) is 36.9 Å². The molecule has 0 fully saturated rings. The molecule has 1 N–H and O–H groups in total. The smallest absolute Gasteiger partial charge is 0.321 e. The van der Waals surface area contributed by atoms with Gasteiger partial charge in [-0.1, -0.05) is 23.4 Å². The third kappa shape index (κ3) is 3.86. The number of carbonyl (C=O) groups excluding carboxylic acids is 1. The van der Waals surface area contributed by atoms with Gasteiger partial charge in [-0.2, -0.15) is 0 Å². The highest BCUT2D eigenvalue weighted by Gasteiger charge is 2.16. The van der Waals surface area contributed by atoms with Crippen LogP contribution in [0.25, 0.3) is 11.0 Å². The summed E-state index contributed by atoms with van der Waals surface area (Å²) in [5, 5.41) is 3.52. The molecule has 1 heterocycles. The zero-order valence-electron chi connectivity index (χ0n) is 16.1. The van der Waals surface area contributed by atoms with E-state index in [2.05, 4.69) is 5.32 Å². The topological polar surface area (TPSA) is 56.0 Å². The van der Waals surface area contributed by atoms with Gasteiger partial charge < -0.3 is 5.32 Å². The predicted octanol–water partition coefficient (Wildman–Crippen LogP) is 5.07. The molecular weight excluding hydrogens is 425 g/mol. The van der Waals surface area contributed by atoms with Gasteiger partial charge in [0, 0.05) is 34.5 Å². The van der Waals surface area contributed by atoms with E-state index in [1.165, 1.54) is 40.6 Å². The third-order valence-electron chi connectivity index (χ3n) is 4.77. The van der Waals surface area contributed by atoms with Crippen LogP contribution >= 0.6 is 23.4 Å². The number of benzene rings is 3. The van der Waals surface area contributed by atoms with E-state index < -0.39 is 5.82 Å². The summed E-state index contributed by atoms with van der Waals surface area (Å²) in [4.78, 5) is 26.8. The molecule has 4 aromatic rings. The third-order valence-corrected chi connectivity index (χ3v) is 6.09. The maximum Gasteiger partial charge on any atom is 0.328 e. The highest BCUT2D eigenvalue weighted by Crippen LogP contribution is 2.37. The lowest BCUT2D eigenvalue weighted by Gasteiger charge is -2.12. The van der Waals surface area contributed by atoms with Gasteiger partial charge in [0.15, 0.2) is 0 Å². The normalized spacial score (nSPS) is 11.1. The van der Waals surface area contributed by atoms with Gasteiger partial charge in [0.2, 0.25) is 0 Å². The minimum absolute atomic E-state index is 0.158. The van der Waals surface area contributed by atoms with Crippen molar-refractivity contribution in [2.45, 2.75) is 9.79 Å². The molecule has 4 rings (SSSR count). The fourth-order valence-corrected chi connectivity index (χ4v) is 4.18. The van der Waals surface area contributed by atoms with Crippen molar-refractivity contribution in [2.75, 3.05) is 5.32 Å². The lowest BCUT2D eigenvalue weighted by molar-refractivity contribution is 0.102. The number of amides is 1. The van der Waals surface area contributed by atoms with E-state index in [0.717, 1.165) is 15.3 Å². The number of hydrogen-bond acceptors (Lipinski definition) is 3. The van der Waals surface area contributed by atoms with Crippen LogP contribution in [0.3, 0.4) is 0 Å². The SMILES string of the molecule is Cn1c(=O)n(C)c2cc(Sc3ccc(Cl)cc3)c(NC(=O)c3ccc(F)cc3)cc21. The Hall–Kier alpha value is -3.03. The van der Waals surface area contributed by atoms with Crippen LogP contribution in [0.15, 0.2) is 75.2 Å². The van der Waals surface area contributed by atoms with Gasteiger partial charge in [-0.25, -0.2) is 9.18 Å². The fourth-order valence-electron chi connectivity index (χ4n) is 3.13. The molecule has 1 aromatic heterocycles. The summed E-state index contributed by atoms with van der Waals surface area (Å²) in [7, 11) is 3.39. The van der Waals surface area contributed by atoms with Crippen LogP contribution in [0.5, 0.6) is 0 Å². The molecule has 8 heteroatoms. The van der Waals surface area contributed by atoms with Gasteiger partial charge in [0.05, 0.1) is 16.7 Å². The average Bonchev–Trinajstić information content (AvgIpc) is 2.94. The second-order valence-corrected chi connectivity index (χ2v) is 8.31. The lowest BCUT2D eigenvalue weighted by Crippen LogP contribution is -2.19. The minimum Gasteiger partial charge on any atom is -0.321 e. The Balaban J connectivity index is 1.79. The zero-order chi connectivity index (χ0) is 21.4. The maximum atomic E-state index is 13.2. The Kier molecular flexibility index (Phi) is 5.40. The van der Waals surface area contributed by atoms with Crippen molar-refractivity contribution in [3.8, 4) is 0 Å². The molecule has 3 aromatic carbocycles. The molecule has 0 aliphatic carbocycles. The van der Waals surface area contributed by atoms with Crippen molar-refractivity contribution >= 4 is 46.0 Å². The standard InChI is InChI=1S/C22H17ClFN3O2S/c1-26-18-11-17(25-21(28)13-3-7-15(24)8-4-13)20(12-19(18)27(2)22(26)29)30-16-9-5-14(23)6-10-16/h3-12H,1-2H3,(H,25,28). The molecule has 0 radical (unpaired) electrons. The molecule has 0 atom stereocenters. The molecule has 0 bridgehead atoms. The first-order valence-electron chi connectivity index (χ1n) is 9.03. The fraction of sp³-hybridized carbons (Fsp3) is 0.0909. The van der Waals surface area contributed by atoms with Crippen molar-refractivity contribution < 1.29 is 9.18 Å². The van der Waals surface area contributed by atoms with Crippen LogP contribution in [0.1, 0.15) is 10.4 Å². The lowest BCUT2D eigenvalue weighted by atomic mass is 10.2. The number of aryl methyl sites for hydroxylation is 2. The van der Waals surface area contributed by atoms with Crippen molar-refractivity contribution in [3.63, 3.8) is 0 Å². The van der Waals surface area contributed by atoms with Gasteiger partial charge >= 0.3 is 5.69 Å². The van der Waals surface area contributed by atoms with E-state index in [1.807, 2.05) is 18.2 Å². The molecule has 0 saturated heterocycles. The summed E-state index contributed by atoms with van der Waals surface area (Å²) in [6.07, 6.45) is 0. The van der Waals surface area contributed by atoms with E-state index in [-0.39, 0.29) is 11.6 Å². The van der Waals surface area contributed by atoms with Crippen LogP contribution in [-0.4, -0.2) is 15.0 Å². The largest absolute Gasteiger partial charge is 0.328 e. The second-order valence-electron chi connectivity index (χ2n) is 6.75. The van der Waals surface area contributed by atoms with Crippen LogP contribution in [0.4, 0.5) is 10.1 Å². The van der Waals surface area contributed by atoms with Gasteiger partial charge in [0.25, 0.3) is 5.91 Å². The summed E-state index contributed by atoms with van der Waals surface area (Å²) in [5.74, 6) is -0.778. The summed E-state index contributed by atoms with van der Waals surface area (Å²) < 4.78 is 16.3. The summed E-state index contributed by atoms with van der Waals surface area (Å²) in [5.41, 5.74) is 2.17. The Morgan fingerprint density at radius 1 is 0.967 bits per heavy atom. The number of aromatic nitrogens is 2. The minimum atomic E-state index is -0.411. The number of carbonyl (C=O) groups is 1. The van der Waals surface area contributed by atoms with Gasteiger partial charge in [-0.15, -0.1) is 0 Å². The number of fused-ring (bicyclic) bond motifs is 1. The number of imidazole rings is 1. The van der Waals surface area contributed by atoms with E-state index in [9.17, 15) is 14.0 Å². The first kappa shape index (κ1) is 20.3. The van der Waals surface area contributed by atoms with Crippen molar-refractivity contribution in [1.82, 2.24) is 9.13 Å². The van der Waals surface area contributed by atoms with Crippen molar-refractivity contribution in [3.05, 3.63) is 87.6 Å². The number of rotatable bonds is 4. The Morgan fingerprint density at radius 3 is 2.20 bits per heavy atom. The number of nitrogens with zero attached hydrogens (tertiary/aromatic N) is 2. The van der Waals surface area contributed by atoms with Gasteiger partial charge in [0.1, 0.15) is 5.82 Å². The molecule has 0 aliphatic heterocycles. The first-order chi connectivity index (χ1) is 14.3. The van der Waals surface area contributed by atoms with Crippen LogP contribution in [0.2, 0.25) is 5.02 Å². The predicted molar refractivity (Wildman–Crippen MR) is 118 cm³/mol. The van der Waals surface area contributed by atoms with Crippen LogP contribution in [-0.2, 0) is 14.1 Å². The zero-order valence-corrected chi connectivity index (χ0v) is 17.7. The number of anilines is 1. The average molecular weight is 442 g/mol. The summed E-state index contributed by atoms with van der Waals surface area (Å²) in [6, 6.07) is 16.3. The second kappa shape index (κ2) is 8.01. The Morgan fingerprint density at radius 2 is 1.57 bits per heavy atom. The molecule has 1 amide bonds. The molecule has 0 saturated carbocycles. The van der Waals surface area contributed by atoms with Crippen LogP contribution < -0.4 is 11.0 Å². The maximum absolute atomic E-state index is 13.2. The number of hydrogen-bond donors (Lipinski definition) is 1. The quantitative estimate of drug-likeness (QED) is 0.481. The summed E-state index contributed by atoms with van der Waals surface area (Å²) >= 11 is 7.42.